The Morgan fingerprint density at radius 1 is 1.50 bits per heavy atom. The van der Waals surface area contributed by atoms with Gasteiger partial charge in [0.2, 0.25) is 0 Å². The van der Waals surface area contributed by atoms with Gasteiger partial charge in [-0.05, 0) is 0 Å². The Hall–Kier alpha value is -0.181. The van der Waals surface area contributed by atoms with E-state index in [2.05, 4.69) is 20.8 Å². The molecule has 1 aliphatic rings. The molecule has 12 heavy (non-hydrogen) atoms. The predicted molar refractivity (Wildman–Crippen MR) is 53.7 cm³/mol. The van der Waals surface area contributed by atoms with Gasteiger partial charge < -0.3 is 0 Å². The zero-order valence-corrected chi connectivity index (χ0v) is 9.66. The summed E-state index contributed by atoms with van der Waals surface area (Å²) in [5.41, 5.74) is 2.62. The molecule has 0 aromatic heterocycles. The second-order valence-corrected chi connectivity index (χ2v) is 6.02. The van der Waals surface area contributed by atoms with Crippen molar-refractivity contribution in [1.29, 1.82) is 0 Å². The van der Waals surface area contributed by atoms with E-state index in [4.69, 9.17) is 0 Å². The van der Waals surface area contributed by atoms with Crippen LogP contribution in [-0.4, -0.2) is 24.7 Å². The van der Waals surface area contributed by atoms with Crippen LogP contribution >= 0.6 is 15.9 Å². The fourth-order valence-electron chi connectivity index (χ4n) is 1.29. The van der Waals surface area contributed by atoms with Crippen molar-refractivity contribution in [3.8, 4) is 0 Å². The van der Waals surface area contributed by atoms with Gasteiger partial charge >= 0.3 is 83.8 Å². The third-order valence-corrected chi connectivity index (χ3v) is 5.37. The van der Waals surface area contributed by atoms with Gasteiger partial charge in [-0.15, -0.1) is 0 Å². The van der Waals surface area contributed by atoms with Gasteiger partial charge in [0.05, 0.1) is 0 Å². The van der Waals surface area contributed by atoms with Gasteiger partial charge in [-0.3, -0.25) is 0 Å². The molecule has 0 radical (unpaired) electrons. The van der Waals surface area contributed by atoms with Gasteiger partial charge in [-0.2, -0.15) is 0 Å². The number of alkyl halides is 1. The zero-order valence-electron chi connectivity index (χ0n) is 6.37. The minimum atomic E-state index is -1.75. The minimum absolute atomic E-state index is 0.713. The molecule has 0 saturated heterocycles. The van der Waals surface area contributed by atoms with Crippen molar-refractivity contribution < 1.29 is 3.83 Å². The number of hydrogen-bond donors (Lipinski definition) is 0. The van der Waals surface area contributed by atoms with E-state index >= 15 is 0 Å². The molecule has 2 rings (SSSR count). The monoisotopic (exact) mass is 293 g/mol. The molecule has 2 nitrogen and oxygen atoms in total. The Bertz CT molecular complexity index is 329. The first-order chi connectivity index (χ1) is 5.83. The number of benzene rings is 1. The molecule has 1 aromatic carbocycles. The number of nitrogens with zero attached hydrogens (tertiary/aromatic N) is 1. The van der Waals surface area contributed by atoms with Crippen molar-refractivity contribution in [2.45, 2.75) is 0 Å². The Balaban J connectivity index is 2.50. The zero-order chi connectivity index (χ0) is 8.55. The Kier molecular flexibility index (Phi) is 2.31. The van der Waals surface area contributed by atoms with Crippen molar-refractivity contribution >= 4 is 39.9 Å². The van der Waals surface area contributed by atoms with E-state index in [1.807, 2.05) is 24.3 Å². The molecule has 64 valence electrons. The van der Waals surface area contributed by atoms with Crippen LogP contribution in [0.5, 0.6) is 0 Å². The normalized spacial score (nSPS) is 21.1. The summed E-state index contributed by atoms with van der Waals surface area (Å²) in [7, 11) is 0. The van der Waals surface area contributed by atoms with Crippen LogP contribution in [0.4, 0.5) is 5.69 Å². The van der Waals surface area contributed by atoms with E-state index in [-0.39, 0.29) is 0 Å². The van der Waals surface area contributed by atoms with Crippen LogP contribution in [-0.2, 0) is 3.83 Å². The van der Waals surface area contributed by atoms with Crippen molar-refractivity contribution in [2.24, 2.45) is 0 Å². The first-order valence-electron chi connectivity index (χ1n) is 3.61. The van der Waals surface area contributed by atoms with Crippen molar-refractivity contribution in [1.82, 2.24) is 0 Å². The van der Waals surface area contributed by atoms with Crippen molar-refractivity contribution in [2.75, 3.05) is 15.8 Å². The van der Waals surface area contributed by atoms with Crippen LogP contribution in [0.3, 0.4) is 0 Å². The van der Waals surface area contributed by atoms with Crippen LogP contribution in [0.2, 0.25) is 0 Å². The second kappa shape index (κ2) is 3.29. The van der Waals surface area contributed by atoms with E-state index in [0.29, 0.717) is 5.44 Å². The maximum absolute atomic E-state index is 11.6. The standard InChI is InChI=1S/C8H8BrNOSe/c9-5-10-6-12(11)8-4-2-1-3-7(8)10/h1-4H,5-6H2. The molecule has 0 aliphatic carbocycles. The number of fused-ring (bicyclic) bond motifs is 1. The molecule has 0 saturated carbocycles. The summed E-state index contributed by atoms with van der Waals surface area (Å²) in [4.78, 5) is 2.10. The molecule has 0 bridgehead atoms. The molecule has 1 aliphatic heterocycles. The van der Waals surface area contributed by atoms with Gasteiger partial charge in [0.15, 0.2) is 0 Å². The number of rotatable bonds is 1. The summed E-state index contributed by atoms with van der Waals surface area (Å²) in [6, 6.07) is 7.93. The van der Waals surface area contributed by atoms with Gasteiger partial charge in [0.25, 0.3) is 0 Å². The van der Waals surface area contributed by atoms with Gasteiger partial charge in [-0.1, -0.05) is 0 Å². The molecule has 1 heterocycles. The summed E-state index contributed by atoms with van der Waals surface area (Å²) >= 11 is 1.63. The number of anilines is 1. The summed E-state index contributed by atoms with van der Waals surface area (Å²) in [6.45, 7) is 0. The van der Waals surface area contributed by atoms with Crippen LogP contribution in [0.1, 0.15) is 0 Å². The molecule has 0 fully saturated rings. The molecule has 0 N–H and O–H groups in total. The molecule has 1 aromatic rings. The molecule has 1 atom stereocenters. The third kappa shape index (κ3) is 1.24. The third-order valence-electron chi connectivity index (χ3n) is 1.87. The van der Waals surface area contributed by atoms with Gasteiger partial charge in [-0.25, -0.2) is 0 Å². The fraction of sp³-hybridized carbons (Fsp3) is 0.250. The molecule has 0 amide bonds. The summed E-state index contributed by atoms with van der Waals surface area (Å²) < 4.78 is 12.6. The fourth-order valence-corrected chi connectivity index (χ4v) is 5.02. The average molecular weight is 293 g/mol. The van der Waals surface area contributed by atoms with Crippen LogP contribution in [0.15, 0.2) is 24.3 Å². The van der Waals surface area contributed by atoms with E-state index < -0.39 is 13.8 Å². The molecular weight excluding hydrogens is 285 g/mol. The number of hydrogen-bond acceptors (Lipinski definition) is 2. The second-order valence-electron chi connectivity index (χ2n) is 2.60. The van der Waals surface area contributed by atoms with Crippen LogP contribution in [0.25, 0.3) is 0 Å². The SMILES string of the molecule is O=[Se]1CN(CBr)c2ccccc21. The molecule has 0 spiro atoms. The molecule has 1 unspecified atom stereocenters. The van der Waals surface area contributed by atoms with E-state index in [9.17, 15) is 3.83 Å². The quantitative estimate of drug-likeness (QED) is 0.438. The Morgan fingerprint density at radius 2 is 2.25 bits per heavy atom. The Morgan fingerprint density at radius 3 is 3.00 bits per heavy atom. The summed E-state index contributed by atoms with van der Waals surface area (Å²) in [5, 5.41) is 0. The van der Waals surface area contributed by atoms with E-state index in [1.165, 1.54) is 0 Å². The number of para-hydroxylation sites is 1. The predicted octanol–water partition coefficient (Wildman–Crippen LogP) is 1.03. The van der Waals surface area contributed by atoms with E-state index in [0.717, 1.165) is 15.6 Å². The Labute approximate surface area is 83.8 Å². The van der Waals surface area contributed by atoms with E-state index in [1.54, 1.807) is 0 Å². The summed E-state index contributed by atoms with van der Waals surface area (Å²) in [6.07, 6.45) is 0. The molecular formula is C8H8BrNOSe. The van der Waals surface area contributed by atoms with Crippen LogP contribution < -0.4 is 9.36 Å². The summed E-state index contributed by atoms with van der Waals surface area (Å²) in [5.74, 6) is 0. The first-order valence-corrected chi connectivity index (χ1v) is 7.50. The van der Waals surface area contributed by atoms with Crippen LogP contribution in [0, 0.1) is 0 Å². The number of halogens is 1. The first kappa shape index (κ1) is 8.42. The maximum atomic E-state index is 11.6. The van der Waals surface area contributed by atoms with Gasteiger partial charge in [0.1, 0.15) is 0 Å². The topological polar surface area (TPSA) is 20.3 Å². The van der Waals surface area contributed by atoms with Crippen molar-refractivity contribution in [3.63, 3.8) is 0 Å². The van der Waals surface area contributed by atoms with Crippen molar-refractivity contribution in [3.05, 3.63) is 24.3 Å². The van der Waals surface area contributed by atoms with Gasteiger partial charge in [0, 0.05) is 0 Å². The average Bonchev–Trinajstić information content (AvgIpc) is 2.44. The molecule has 4 heteroatoms.